The van der Waals surface area contributed by atoms with Crippen molar-refractivity contribution in [1.29, 1.82) is 0 Å². The number of aromatic nitrogens is 2. The molecule has 22 heavy (non-hydrogen) atoms. The van der Waals surface area contributed by atoms with Gasteiger partial charge in [0.1, 0.15) is 11.5 Å². The van der Waals surface area contributed by atoms with E-state index in [0.29, 0.717) is 6.42 Å². The Morgan fingerprint density at radius 1 is 1.18 bits per heavy atom. The molecule has 2 N–H and O–H groups in total. The number of nitrogens with zero attached hydrogens (tertiary/aromatic N) is 3. The third-order valence-corrected chi connectivity index (χ3v) is 4.31. The topological polar surface area (TPSA) is 70.2 Å². The molecule has 3 rings (SSSR count). The lowest BCUT2D eigenvalue weighted by Crippen LogP contribution is -2.52. The molecule has 0 radical (unpaired) electrons. The van der Waals surface area contributed by atoms with E-state index in [-0.39, 0.29) is 23.8 Å². The molecular formula is C16H25N5O. The average molecular weight is 303 g/mol. The van der Waals surface area contributed by atoms with Crippen molar-refractivity contribution in [3.05, 3.63) is 11.5 Å². The van der Waals surface area contributed by atoms with Gasteiger partial charge in [-0.15, -0.1) is 0 Å². The summed E-state index contributed by atoms with van der Waals surface area (Å²) in [5.41, 5.74) is 1.76. The molecule has 0 aromatic carbocycles. The second-order valence-electron chi connectivity index (χ2n) is 6.78. The fourth-order valence-electron chi connectivity index (χ4n) is 3.11. The molecule has 2 aliphatic rings. The molecule has 2 aliphatic heterocycles. The molecule has 120 valence electrons. The first-order valence-electron chi connectivity index (χ1n) is 8.16. The van der Waals surface area contributed by atoms with E-state index >= 15 is 0 Å². The maximum atomic E-state index is 12.3. The fourth-order valence-corrected chi connectivity index (χ4v) is 3.11. The van der Waals surface area contributed by atoms with Crippen molar-refractivity contribution in [3.63, 3.8) is 0 Å². The van der Waals surface area contributed by atoms with Crippen LogP contribution in [-0.4, -0.2) is 41.6 Å². The Kier molecular flexibility index (Phi) is 4.04. The van der Waals surface area contributed by atoms with E-state index in [1.54, 1.807) is 0 Å². The van der Waals surface area contributed by atoms with Crippen LogP contribution in [0, 0.1) is 0 Å². The van der Waals surface area contributed by atoms with Crippen molar-refractivity contribution in [1.82, 2.24) is 15.3 Å². The Labute approximate surface area is 131 Å². The first-order valence-corrected chi connectivity index (χ1v) is 8.16. The SMILES string of the molecule is CC(C)c1nc(C(C)C)c2c(n1)N1CCNCC1CC(=O)N2. The fraction of sp³-hybridized carbons (Fsp3) is 0.688. The predicted octanol–water partition coefficient (Wildman–Crippen LogP) is 1.84. The maximum Gasteiger partial charge on any atom is 0.226 e. The first kappa shape index (κ1) is 15.2. The van der Waals surface area contributed by atoms with E-state index in [0.717, 1.165) is 42.7 Å². The van der Waals surface area contributed by atoms with E-state index in [1.165, 1.54) is 0 Å². The molecule has 0 saturated carbocycles. The van der Waals surface area contributed by atoms with Crippen molar-refractivity contribution in [2.45, 2.75) is 52.0 Å². The van der Waals surface area contributed by atoms with Gasteiger partial charge in [0.25, 0.3) is 0 Å². The number of fused-ring (bicyclic) bond motifs is 3. The molecule has 0 spiro atoms. The standard InChI is InChI=1S/C16H25N5O/c1-9(2)13-14-16(20-15(19-13)10(3)4)21-6-5-17-8-11(21)7-12(22)18-14/h9-11,17H,5-8H2,1-4H3,(H,18,22). The Morgan fingerprint density at radius 3 is 2.64 bits per heavy atom. The highest BCUT2D eigenvalue weighted by molar-refractivity contribution is 5.96. The zero-order chi connectivity index (χ0) is 15.9. The third-order valence-electron chi connectivity index (χ3n) is 4.31. The minimum Gasteiger partial charge on any atom is -0.349 e. The van der Waals surface area contributed by atoms with Crippen molar-refractivity contribution in [2.24, 2.45) is 0 Å². The van der Waals surface area contributed by atoms with Gasteiger partial charge in [0.2, 0.25) is 5.91 Å². The van der Waals surface area contributed by atoms with Crippen LogP contribution in [0.3, 0.4) is 0 Å². The Morgan fingerprint density at radius 2 is 1.95 bits per heavy atom. The van der Waals surface area contributed by atoms with Gasteiger partial charge >= 0.3 is 0 Å². The number of carbonyl (C=O) groups excluding carboxylic acids is 1. The highest BCUT2D eigenvalue weighted by Crippen LogP contribution is 2.36. The summed E-state index contributed by atoms with van der Waals surface area (Å²) >= 11 is 0. The summed E-state index contributed by atoms with van der Waals surface area (Å²) in [6.07, 6.45) is 0.498. The van der Waals surface area contributed by atoms with E-state index in [9.17, 15) is 4.79 Å². The van der Waals surface area contributed by atoms with Gasteiger partial charge in [-0.2, -0.15) is 0 Å². The van der Waals surface area contributed by atoms with E-state index in [4.69, 9.17) is 9.97 Å². The van der Waals surface area contributed by atoms with Crippen LogP contribution in [0.5, 0.6) is 0 Å². The lowest BCUT2D eigenvalue weighted by Gasteiger charge is -2.36. The summed E-state index contributed by atoms with van der Waals surface area (Å²) in [6, 6.07) is 0.171. The Bertz CT molecular complexity index is 584. The predicted molar refractivity (Wildman–Crippen MR) is 87.5 cm³/mol. The highest BCUT2D eigenvalue weighted by Gasteiger charge is 2.33. The van der Waals surface area contributed by atoms with Gasteiger partial charge in [0.15, 0.2) is 5.82 Å². The molecular weight excluding hydrogens is 278 g/mol. The van der Waals surface area contributed by atoms with E-state index < -0.39 is 0 Å². The van der Waals surface area contributed by atoms with Gasteiger partial charge in [-0.25, -0.2) is 9.97 Å². The van der Waals surface area contributed by atoms with Gasteiger partial charge < -0.3 is 15.5 Å². The summed E-state index contributed by atoms with van der Waals surface area (Å²) in [5, 5.41) is 6.43. The normalized spacial score (nSPS) is 21.5. The van der Waals surface area contributed by atoms with Crippen LogP contribution in [0.1, 0.15) is 57.5 Å². The van der Waals surface area contributed by atoms with Crippen LogP contribution in [0.2, 0.25) is 0 Å². The van der Waals surface area contributed by atoms with Crippen molar-refractivity contribution >= 4 is 17.4 Å². The molecule has 6 heteroatoms. The zero-order valence-electron chi connectivity index (χ0n) is 13.8. The lowest BCUT2D eigenvalue weighted by molar-refractivity contribution is -0.116. The molecule has 1 atom stereocenters. The van der Waals surface area contributed by atoms with Crippen molar-refractivity contribution in [3.8, 4) is 0 Å². The van der Waals surface area contributed by atoms with Gasteiger partial charge in [0.05, 0.1) is 11.7 Å². The van der Waals surface area contributed by atoms with Crippen molar-refractivity contribution < 1.29 is 4.79 Å². The molecule has 1 fully saturated rings. The number of rotatable bonds is 2. The molecule has 0 bridgehead atoms. The number of piperazine rings is 1. The number of hydrogen-bond donors (Lipinski definition) is 2. The quantitative estimate of drug-likeness (QED) is 0.872. The molecule has 1 saturated heterocycles. The lowest BCUT2D eigenvalue weighted by atomic mass is 10.1. The molecule has 1 aromatic rings. The average Bonchev–Trinajstić information content (AvgIpc) is 2.61. The number of nitrogens with one attached hydrogen (secondary N) is 2. The second kappa shape index (κ2) is 5.83. The largest absolute Gasteiger partial charge is 0.349 e. The highest BCUT2D eigenvalue weighted by atomic mass is 16.1. The molecule has 0 aliphatic carbocycles. The van der Waals surface area contributed by atoms with Crippen LogP contribution < -0.4 is 15.5 Å². The van der Waals surface area contributed by atoms with Crippen LogP contribution in [0.25, 0.3) is 0 Å². The molecule has 6 nitrogen and oxygen atoms in total. The first-order chi connectivity index (χ1) is 10.5. The van der Waals surface area contributed by atoms with Crippen LogP contribution in [0.15, 0.2) is 0 Å². The van der Waals surface area contributed by atoms with Crippen LogP contribution >= 0.6 is 0 Å². The number of carbonyl (C=O) groups is 1. The monoisotopic (exact) mass is 303 g/mol. The molecule has 1 aromatic heterocycles. The summed E-state index contributed by atoms with van der Waals surface area (Å²) in [7, 11) is 0. The minimum absolute atomic E-state index is 0.0558. The number of hydrogen-bond acceptors (Lipinski definition) is 5. The smallest absolute Gasteiger partial charge is 0.226 e. The van der Waals surface area contributed by atoms with Crippen LogP contribution in [0.4, 0.5) is 11.5 Å². The number of amides is 1. The van der Waals surface area contributed by atoms with E-state index in [2.05, 4.69) is 43.2 Å². The van der Waals surface area contributed by atoms with Crippen molar-refractivity contribution in [2.75, 3.05) is 29.9 Å². The Hall–Kier alpha value is -1.69. The van der Waals surface area contributed by atoms with Crippen LogP contribution in [-0.2, 0) is 4.79 Å². The molecule has 1 amide bonds. The minimum atomic E-state index is 0.0558. The van der Waals surface area contributed by atoms with Gasteiger partial charge in [-0.3, -0.25) is 4.79 Å². The van der Waals surface area contributed by atoms with Gasteiger partial charge in [-0.05, 0) is 5.92 Å². The summed E-state index contributed by atoms with van der Waals surface area (Å²) in [6.45, 7) is 11.1. The van der Waals surface area contributed by atoms with Gasteiger partial charge in [-0.1, -0.05) is 27.7 Å². The second-order valence-corrected chi connectivity index (χ2v) is 6.78. The third kappa shape index (κ3) is 2.67. The van der Waals surface area contributed by atoms with Gasteiger partial charge in [0, 0.05) is 32.0 Å². The summed E-state index contributed by atoms with van der Waals surface area (Å²) < 4.78 is 0. The summed E-state index contributed by atoms with van der Waals surface area (Å²) in [5.74, 6) is 2.33. The summed E-state index contributed by atoms with van der Waals surface area (Å²) in [4.78, 5) is 24.1. The zero-order valence-corrected chi connectivity index (χ0v) is 13.8. The Balaban J connectivity index is 2.17. The number of anilines is 2. The molecule has 3 heterocycles. The molecule has 1 unspecified atom stereocenters. The maximum absolute atomic E-state index is 12.3. The van der Waals surface area contributed by atoms with E-state index in [1.807, 2.05) is 0 Å².